The summed E-state index contributed by atoms with van der Waals surface area (Å²) in [5.74, 6) is 0.527. The molecule has 0 radical (unpaired) electrons. The number of nitrogens with zero attached hydrogens (tertiary/aromatic N) is 1. The zero-order valence-corrected chi connectivity index (χ0v) is 14.3. The summed E-state index contributed by atoms with van der Waals surface area (Å²) in [4.78, 5) is 14.2. The highest BCUT2D eigenvalue weighted by Crippen LogP contribution is 2.34. The molecule has 0 heterocycles. The van der Waals surface area contributed by atoms with Gasteiger partial charge >= 0.3 is 0 Å². The van der Waals surface area contributed by atoms with Crippen LogP contribution in [0.2, 0.25) is 5.02 Å². The number of likely N-dealkylation sites (N-methyl/N-ethyl adjacent to an activating group) is 1. The first-order valence-electron chi connectivity index (χ1n) is 7.68. The molecule has 3 nitrogen and oxygen atoms in total. The maximum Gasteiger partial charge on any atom is 0.267 e. The van der Waals surface area contributed by atoms with Crippen molar-refractivity contribution in [3.05, 3.63) is 77.3 Å². The van der Waals surface area contributed by atoms with E-state index in [0.717, 1.165) is 16.3 Å². The van der Waals surface area contributed by atoms with Crippen LogP contribution in [0, 0.1) is 0 Å². The molecule has 122 valence electrons. The minimum atomic E-state index is -0.703. The molecule has 0 saturated carbocycles. The third-order valence-electron chi connectivity index (χ3n) is 3.84. The Morgan fingerprint density at radius 1 is 0.917 bits per heavy atom. The van der Waals surface area contributed by atoms with Crippen LogP contribution < -0.4 is 4.74 Å². The van der Waals surface area contributed by atoms with Crippen LogP contribution in [0.4, 0.5) is 0 Å². The van der Waals surface area contributed by atoms with Gasteiger partial charge in [0.15, 0.2) is 0 Å². The van der Waals surface area contributed by atoms with Crippen LogP contribution in [0.25, 0.3) is 10.8 Å². The number of carbonyl (C=O) groups is 1. The summed E-state index contributed by atoms with van der Waals surface area (Å²) in [7, 11) is 3.45. The lowest BCUT2D eigenvalue weighted by atomic mass is 10.1. The molecule has 0 saturated heterocycles. The van der Waals surface area contributed by atoms with Crippen LogP contribution in [0.5, 0.6) is 5.75 Å². The van der Waals surface area contributed by atoms with Crippen molar-refractivity contribution in [2.24, 2.45) is 0 Å². The van der Waals surface area contributed by atoms with Crippen molar-refractivity contribution in [1.82, 2.24) is 4.90 Å². The van der Waals surface area contributed by atoms with Gasteiger partial charge < -0.3 is 9.64 Å². The fraction of sp³-hybridized carbons (Fsp3) is 0.150. The molecule has 0 fully saturated rings. The lowest BCUT2D eigenvalue weighted by Gasteiger charge is -2.23. The van der Waals surface area contributed by atoms with Crippen molar-refractivity contribution in [1.29, 1.82) is 0 Å². The van der Waals surface area contributed by atoms with Crippen molar-refractivity contribution in [2.45, 2.75) is 6.10 Å². The molecule has 1 amide bonds. The molecule has 0 aliphatic rings. The quantitative estimate of drug-likeness (QED) is 0.689. The molecule has 24 heavy (non-hydrogen) atoms. The number of ether oxygens (including phenoxy) is 1. The van der Waals surface area contributed by atoms with Gasteiger partial charge in [0, 0.05) is 35.5 Å². The molecule has 0 aliphatic heterocycles. The van der Waals surface area contributed by atoms with E-state index in [9.17, 15) is 4.79 Å². The van der Waals surface area contributed by atoms with Gasteiger partial charge in [-0.1, -0.05) is 66.2 Å². The molecule has 0 bridgehead atoms. The van der Waals surface area contributed by atoms with Crippen molar-refractivity contribution < 1.29 is 9.53 Å². The third-order valence-corrected chi connectivity index (χ3v) is 4.17. The minimum Gasteiger partial charge on any atom is -0.475 e. The van der Waals surface area contributed by atoms with E-state index in [2.05, 4.69) is 0 Å². The molecule has 1 atom stereocenters. The van der Waals surface area contributed by atoms with E-state index in [4.69, 9.17) is 16.3 Å². The van der Waals surface area contributed by atoms with E-state index in [1.807, 2.05) is 60.7 Å². The van der Waals surface area contributed by atoms with Gasteiger partial charge in [-0.25, -0.2) is 0 Å². The number of rotatable bonds is 4. The number of benzene rings is 3. The van der Waals surface area contributed by atoms with Crippen molar-refractivity contribution in [2.75, 3.05) is 14.1 Å². The molecule has 3 aromatic carbocycles. The number of hydrogen-bond acceptors (Lipinski definition) is 2. The van der Waals surface area contributed by atoms with Crippen molar-refractivity contribution in [3.8, 4) is 5.75 Å². The highest BCUT2D eigenvalue weighted by molar-refractivity contribution is 6.35. The highest BCUT2D eigenvalue weighted by Gasteiger charge is 2.25. The first-order chi connectivity index (χ1) is 11.6. The van der Waals surface area contributed by atoms with Crippen LogP contribution in [0.15, 0.2) is 66.7 Å². The molecular weight excluding hydrogens is 322 g/mol. The Kier molecular flexibility index (Phi) is 4.72. The summed E-state index contributed by atoms with van der Waals surface area (Å²) in [5.41, 5.74) is 0.815. The van der Waals surface area contributed by atoms with Gasteiger partial charge in [0.1, 0.15) is 5.75 Å². The summed E-state index contributed by atoms with van der Waals surface area (Å²) in [6.07, 6.45) is -0.703. The number of fused-ring (bicyclic) bond motifs is 1. The average molecular weight is 340 g/mol. The smallest absolute Gasteiger partial charge is 0.267 e. The zero-order chi connectivity index (χ0) is 17.1. The third kappa shape index (κ3) is 3.22. The van der Waals surface area contributed by atoms with Gasteiger partial charge in [0.25, 0.3) is 5.91 Å². The number of halogens is 1. The summed E-state index contributed by atoms with van der Waals surface area (Å²) in [6.45, 7) is 0. The largest absolute Gasteiger partial charge is 0.475 e. The normalized spacial score (nSPS) is 12.0. The Balaban J connectivity index is 2.06. The van der Waals surface area contributed by atoms with E-state index in [1.54, 1.807) is 20.2 Å². The van der Waals surface area contributed by atoms with Gasteiger partial charge in [0.05, 0.1) is 0 Å². The Hall–Kier alpha value is -2.52. The van der Waals surface area contributed by atoms with Crippen LogP contribution in [-0.4, -0.2) is 24.9 Å². The molecule has 0 N–H and O–H groups in total. The molecule has 0 unspecified atom stereocenters. The summed E-state index contributed by atoms with van der Waals surface area (Å²) in [5, 5.41) is 2.45. The molecule has 0 aromatic heterocycles. The molecule has 4 heteroatoms. The van der Waals surface area contributed by atoms with E-state index in [1.165, 1.54) is 4.90 Å². The molecular formula is C20H18ClNO2. The Morgan fingerprint density at radius 3 is 2.21 bits per heavy atom. The van der Waals surface area contributed by atoms with Crippen LogP contribution in [-0.2, 0) is 4.79 Å². The second-order valence-corrected chi connectivity index (χ2v) is 6.14. The first kappa shape index (κ1) is 16.3. The predicted molar refractivity (Wildman–Crippen MR) is 97.5 cm³/mol. The maximum absolute atomic E-state index is 12.6. The molecule has 3 rings (SSSR count). The minimum absolute atomic E-state index is 0.111. The van der Waals surface area contributed by atoms with E-state index in [0.29, 0.717) is 10.8 Å². The lowest BCUT2D eigenvalue weighted by Crippen LogP contribution is -2.31. The maximum atomic E-state index is 12.6. The second-order valence-electron chi connectivity index (χ2n) is 5.73. The van der Waals surface area contributed by atoms with Crippen LogP contribution >= 0.6 is 11.6 Å². The van der Waals surface area contributed by atoms with Gasteiger partial charge in [0.2, 0.25) is 6.10 Å². The van der Waals surface area contributed by atoms with Gasteiger partial charge in [-0.15, -0.1) is 0 Å². The molecule has 0 aliphatic carbocycles. The zero-order valence-electron chi connectivity index (χ0n) is 13.6. The van der Waals surface area contributed by atoms with E-state index < -0.39 is 6.10 Å². The van der Waals surface area contributed by atoms with Crippen LogP contribution in [0.1, 0.15) is 11.7 Å². The Morgan fingerprint density at radius 2 is 1.54 bits per heavy atom. The van der Waals surface area contributed by atoms with E-state index in [-0.39, 0.29) is 5.91 Å². The van der Waals surface area contributed by atoms with E-state index >= 15 is 0 Å². The van der Waals surface area contributed by atoms with Crippen LogP contribution in [0.3, 0.4) is 0 Å². The Bertz CT molecular complexity index is 862. The van der Waals surface area contributed by atoms with Gasteiger partial charge in [-0.2, -0.15) is 0 Å². The predicted octanol–water partition coefficient (Wildman–Crippen LogP) is 4.70. The topological polar surface area (TPSA) is 29.5 Å². The highest BCUT2D eigenvalue weighted by atomic mass is 35.5. The number of amides is 1. The summed E-state index contributed by atoms with van der Waals surface area (Å²) in [6, 6.07) is 20.8. The summed E-state index contributed by atoms with van der Waals surface area (Å²) < 4.78 is 6.14. The average Bonchev–Trinajstić information content (AvgIpc) is 2.61. The summed E-state index contributed by atoms with van der Waals surface area (Å²) >= 11 is 6.26. The van der Waals surface area contributed by atoms with Crippen molar-refractivity contribution >= 4 is 28.3 Å². The van der Waals surface area contributed by atoms with Crippen molar-refractivity contribution in [3.63, 3.8) is 0 Å². The fourth-order valence-electron chi connectivity index (χ4n) is 2.59. The number of carbonyl (C=O) groups excluding carboxylic acids is 1. The first-order valence-corrected chi connectivity index (χ1v) is 8.05. The number of hydrogen-bond donors (Lipinski definition) is 0. The molecule has 0 spiro atoms. The van der Waals surface area contributed by atoms with Gasteiger partial charge in [-0.3, -0.25) is 4.79 Å². The SMILES string of the molecule is CN(C)C(=O)[C@H](Oc1ccc(Cl)c2ccccc12)c1ccccc1. The van der Waals surface area contributed by atoms with Gasteiger partial charge in [-0.05, 0) is 12.1 Å². The lowest BCUT2D eigenvalue weighted by molar-refractivity contribution is -0.136. The molecule has 3 aromatic rings. The fourth-order valence-corrected chi connectivity index (χ4v) is 2.82. The monoisotopic (exact) mass is 339 g/mol. The second kappa shape index (κ2) is 6.93. The Labute approximate surface area is 146 Å². The standard InChI is InChI=1S/C20H18ClNO2/c1-22(2)20(23)19(14-8-4-3-5-9-14)24-18-13-12-17(21)15-10-6-7-11-16(15)18/h3-13,19H,1-2H3/t19-/m1/s1.